The fraction of sp³-hybridized carbons (Fsp3) is 0.421. The van der Waals surface area contributed by atoms with Crippen LogP contribution in [0.1, 0.15) is 19.4 Å². The normalized spacial score (nSPS) is 20.1. The van der Waals surface area contributed by atoms with Gasteiger partial charge in [0.25, 0.3) is 0 Å². The van der Waals surface area contributed by atoms with E-state index < -0.39 is 0 Å². The number of rotatable bonds is 3. The number of aliphatic imine (C=N–C) groups is 2. The van der Waals surface area contributed by atoms with E-state index in [1.807, 2.05) is 12.1 Å². The summed E-state index contributed by atoms with van der Waals surface area (Å²) in [4.78, 5) is 13.7. The first-order chi connectivity index (χ1) is 12.5. The highest BCUT2D eigenvalue weighted by molar-refractivity contribution is 9.10. The Balaban J connectivity index is 2.03. The van der Waals surface area contributed by atoms with Gasteiger partial charge in [-0.1, -0.05) is 19.9 Å². The van der Waals surface area contributed by atoms with Crippen molar-refractivity contribution >= 4 is 38.6 Å². The van der Waals surface area contributed by atoms with Crippen LogP contribution in [-0.2, 0) is 15.9 Å². The molecule has 0 N–H and O–H groups in total. The van der Waals surface area contributed by atoms with Crippen molar-refractivity contribution in [1.82, 2.24) is 4.98 Å². The van der Waals surface area contributed by atoms with Crippen molar-refractivity contribution in [2.75, 3.05) is 14.2 Å². The van der Waals surface area contributed by atoms with Crippen LogP contribution in [0.4, 0.5) is 4.39 Å². The van der Waals surface area contributed by atoms with Gasteiger partial charge in [-0.05, 0) is 39.5 Å². The van der Waals surface area contributed by atoms with Gasteiger partial charge in [-0.2, -0.15) is 0 Å². The van der Waals surface area contributed by atoms with Gasteiger partial charge in [-0.15, -0.1) is 0 Å². The first kappa shape index (κ1) is 18.8. The smallest absolute Gasteiger partial charge is 0.209 e. The molecular weight excluding hydrogens is 401 g/mol. The van der Waals surface area contributed by atoms with Gasteiger partial charge in [0.1, 0.15) is 17.9 Å². The summed E-state index contributed by atoms with van der Waals surface area (Å²) >= 11 is 3.28. The number of hydrogen-bond donors (Lipinski definition) is 0. The van der Waals surface area contributed by atoms with E-state index in [4.69, 9.17) is 14.5 Å². The van der Waals surface area contributed by atoms with Crippen LogP contribution in [0.5, 0.6) is 0 Å². The highest BCUT2D eigenvalue weighted by Gasteiger charge is 2.31. The zero-order chi connectivity index (χ0) is 18.8. The summed E-state index contributed by atoms with van der Waals surface area (Å²) in [7, 11) is 3.18. The second kappa shape index (κ2) is 7.70. The largest absolute Gasteiger partial charge is 0.483 e. The van der Waals surface area contributed by atoms with Crippen LogP contribution in [0, 0.1) is 11.7 Å². The summed E-state index contributed by atoms with van der Waals surface area (Å²) in [5.41, 5.74) is 1.39. The minimum Gasteiger partial charge on any atom is -0.483 e. The van der Waals surface area contributed by atoms with Crippen LogP contribution in [0.15, 0.2) is 38.9 Å². The maximum atomic E-state index is 14.3. The lowest BCUT2D eigenvalue weighted by atomic mass is 9.98. The van der Waals surface area contributed by atoms with Gasteiger partial charge in [-0.3, -0.25) is 4.98 Å². The summed E-state index contributed by atoms with van der Waals surface area (Å²) < 4.78 is 25.6. The zero-order valence-electron chi connectivity index (χ0n) is 15.2. The lowest BCUT2D eigenvalue weighted by molar-refractivity contribution is 0.333. The lowest BCUT2D eigenvalue weighted by Gasteiger charge is -2.27. The third-order valence-corrected chi connectivity index (χ3v) is 5.18. The number of hydrogen-bond acceptors (Lipinski definition) is 5. The van der Waals surface area contributed by atoms with E-state index in [9.17, 15) is 4.39 Å². The Kier molecular flexibility index (Phi) is 5.55. The molecule has 2 aromatic rings. The summed E-state index contributed by atoms with van der Waals surface area (Å²) in [6.07, 6.45) is 2.09. The van der Waals surface area contributed by atoms with E-state index in [0.717, 1.165) is 10.9 Å². The minimum absolute atomic E-state index is 0.175. The van der Waals surface area contributed by atoms with Crippen molar-refractivity contribution in [1.29, 1.82) is 0 Å². The first-order valence-corrected chi connectivity index (χ1v) is 9.20. The Labute approximate surface area is 160 Å². The third kappa shape index (κ3) is 3.45. The first-order valence-electron chi connectivity index (χ1n) is 8.41. The third-order valence-electron chi connectivity index (χ3n) is 4.42. The Morgan fingerprint density at radius 3 is 2.58 bits per heavy atom. The molecule has 1 unspecified atom stereocenters. The molecular formula is C19H21BrFN3O2. The molecule has 1 aliphatic rings. The van der Waals surface area contributed by atoms with E-state index in [0.29, 0.717) is 28.2 Å². The average molecular weight is 422 g/mol. The molecule has 1 aromatic heterocycles. The minimum atomic E-state index is -0.367. The van der Waals surface area contributed by atoms with Gasteiger partial charge < -0.3 is 9.47 Å². The van der Waals surface area contributed by atoms with E-state index in [1.54, 1.807) is 20.4 Å². The highest BCUT2D eigenvalue weighted by Crippen LogP contribution is 2.30. The monoisotopic (exact) mass is 421 g/mol. The van der Waals surface area contributed by atoms with Gasteiger partial charge in [-0.25, -0.2) is 14.4 Å². The van der Waals surface area contributed by atoms with Crippen LogP contribution < -0.4 is 0 Å². The summed E-state index contributed by atoms with van der Waals surface area (Å²) in [6.45, 7) is 4.11. The molecule has 138 valence electrons. The fourth-order valence-corrected chi connectivity index (χ4v) is 3.55. The topological polar surface area (TPSA) is 56.1 Å². The molecule has 0 radical (unpaired) electrons. The van der Waals surface area contributed by atoms with Crippen molar-refractivity contribution in [3.05, 3.63) is 40.2 Å². The van der Waals surface area contributed by atoms with Crippen LogP contribution >= 0.6 is 15.9 Å². The maximum absolute atomic E-state index is 14.3. The van der Waals surface area contributed by atoms with Gasteiger partial charge in [0.2, 0.25) is 11.8 Å². The zero-order valence-corrected chi connectivity index (χ0v) is 16.7. The lowest BCUT2D eigenvalue weighted by Crippen LogP contribution is -2.38. The quantitative estimate of drug-likeness (QED) is 0.746. The van der Waals surface area contributed by atoms with Crippen molar-refractivity contribution < 1.29 is 13.9 Å². The summed E-state index contributed by atoms with van der Waals surface area (Å²) in [6, 6.07) is 4.73. The number of benzene rings is 1. The van der Waals surface area contributed by atoms with Crippen LogP contribution in [0.3, 0.4) is 0 Å². The Morgan fingerprint density at radius 1 is 1.19 bits per heavy atom. The SMILES string of the molecule is COC1=N[C@@H](Cc2cc(F)c(Br)c3ncccc23)C(OC)=NC1C(C)C. The van der Waals surface area contributed by atoms with Crippen molar-refractivity contribution in [3.8, 4) is 0 Å². The van der Waals surface area contributed by atoms with Crippen molar-refractivity contribution in [3.63, 3.8) is 0 Å². The van der Waals surface area contributed by atoms with E-state index in [2.05, 4.69) is 39.8 Å². The van der Waals surface area contributed by atoms with E-state index in [1.165, 1.54) is 6.07 Å². The molecule has 0 amide bonds. The maximum Gasteiger partial charge on any atom is 0.209 e. The second-order valence-electron chi connectivity index (χ2n) is 6.48. The van der Waals surface area contributed by atoms with Crippen molar-refractivity contribution in [2.24, 2.45) is 15.9 Å². The number of ether oxygens (including phenoxy) is 2. The molecule has 0 fully saturated rings. The number of aromatic nitrogens is 1. The highest BCUT2D eigenvalue weighted by atomic mass is 79.9. The molecule has 7 heteroatoms. The molecule has 5 nitrogen and oxygen atoms in total. The number of halogens is 2. The molecule has 2 atom stereocenters. The molecule has 0 bridgehead atoms. The van der Waals surface area contributed by atoms with Crippen molar-refractivity contribution in [2.45, 2.75) is 32.4 Å². The van der Waals surface area contributed by atoms with E-state index >= 15 is 0 Å². The standard InChI is InChI=1S/C19H21BrFN3O2/c1-10(2)16-19(26-4)23-14(18(24-16)25-3)9-11-8-13(21)15(20)17-12(11)6-5-7-22-17/h5-8,10,14,16H,9H2,1-4H3/t14-,16?/m0/s1. The second-order valence-corrected chi connectivity index (χ2v) is 7.28. The number of pyridine rings is 1. The van der Waals surface area contributed by atoms with Gasteiger partial charge in [0, 0.05) is 18.0 Å². The Morgan fingerprint density at radius 2 is 1.92 bits per heavy atom. The number of nitrogens with zero attached hydrogens (tertiary/aromatic N) is 3. The number of fused-ring (bicyclic) bond motifs is 1. The molecule has 0 spiro atoms. The predicted molar refractivity (Wildman–Crippen MR) is 104 cm³/mol. The van der Waals surface area contributed by atoms with Crippen LogP contribution in [0.2, 0.25) is 0 Å². The van der Waals surface area contributed by atoms with Crippen LogP contribution in [-0.4, -0.2) is 43.1 Å². The molecule has 0 saturated heterocycles. The molecule has 1 aliphatic heterocycles. The number of methoxy groups -OCH3 is 2. The van der Waals surface area contributed by atoms with E-state index in [-0.39, 0.29) is 23.8 Å². The molecule has 2 heterocycles. The molecule has 3 rings (SSSR count). The Bertz CT molecular complexity index is 882. The fourth-order valence-electron chi connectivity index (χ4n) is 3.12. The molecule has 1 aromatic carbocycles. The van der Waals surface area contributed by atoms with Gasteiger partial charge >= 0.3 is 0 Å². The summed E-state index contributed by atoms with van der Waals surface area (Å²) in [5, 5.41) is 0.872. The average Bonchev–Trinajstić information content (AvgIpc) is 2.65. The molecule has 26 heavy (non-hydrogen) atoms. The molecule has 0 aliphatic carbocycles. The van der Waals surface area contributed by atoms with Crippen LogP contribution in [0.25, 0.3) is 10.9 Å². The Hall–Kier alpha value is -2.02. The summed E-state index contributed by atoms with van der Waals surface area (Å²) in [5.74, 6) is 0.986. The predicted octanol–water partition coefficient (Wildman–Crippen LogP) is 4.18. The molecule has 0 saturated carbocycles. The van der Waals surface area contributed by atoms with Gasteiger partial charge in [0.15, 0.2) is 0 Å². The van der Waals surface area contributed by atoms with Gasteiger partial charge in [0.05, 0.1) is 24.2 Å².